The van der Waals surface area contributed by atoms with E-state index in [0.717, 1.165) is 0 Å². The molecule has 0 heterocycles. The molecule has 0 fully saturated rings. The molecular weight excluding hydrogens is 233 g/mol. The maximum atomic E-state index is 13.3. The van der Waals surface area contributed by atoms with Crippen molar-refractivity contribution in [1.29, 1.82) is 0 Å². The molecular formula is C14H20FNO2. The highest BCUT2D eigenvalue weighted by Gasteiger charge is 2.24. The highest BCUT2D eigenvalue weighted by Crippen LogP contribution is 2.17. The number of halogens is 1. The fourth-order valence-corrected chi connectivity index (χ4v) is 1.53. The van der Waals surface area contributed by atoms with Gasteiger partial charge in [0, 0.05) is 12.5 Å². The van der Waals surface area contributed by atoms with Gasteiger partial charge >= 0.3 is 0 Å². The van der Waals surface area contributed by atoms with E-state index in [-0.39, 0.29) is 24.1 Å². The quantitative estimate of drug-likeness (QED) is 0.825. The molecule has 1 aromatic rings. The van der Waals surface area contributed by atoms with Crippen molar-refractivity contribution >= 4 is 5.91 Å². The van der Waals surface area contributed by atoms with Crippen LogP contribution in [0.2, 0.25) is 0 Å². The van der Waals surface area contributed by atoms with E-state index in [1.165, 1.54) is 6.07 Å². The number of carbonyl (C=O) groups is 1. The highest BCUT2D eigenvalue weighted by atomic mass is 19.1. The molecule has 1 aromatic carbocycles. The second-order valence-corrected chi connectivity index (χ2v) is 5.26. The van der Waals surface area contributed by atoms with Crippen molar-refractivity contribution in [3.8, 4) is 5.75 Å². The fraction of sp³-hybridized carbons (Fsp3) is 0.500. The van der Waals surface area contributed by atoms with Gasteiger partial charge in [0.05, 0.1) is 6.54 Å². The van der Waals surface area contributed by atoms with Crippen LogP contribution in [0.5, 0.6) is 5.75 Å². The molecule has 0 aliphatic heterocycles. The molecule has 0 unspecified atom stereocenters. The van der Waals surface area contributed by atoms with Crippen LogP contribution in [0.25, 0.3) is 0 Å². The van der Waals surface area contributed by atoms with Gasteiger partial charge in [-0.3, -0.25) is 4.79 Å². The number of amides is 1. The van der Waals surface area contributed by atoms with Crippen LogP contribution in [0.4, 0.5) is 4.39 Å². The van der Waals surface area contributed by atoms with Crippen molar-refractivity contribution in [2.45, 2.75) is 20.8 Å². The van der Waals surface area contributed by atoms with E-state index >= 15 is 0 Å². The van der Waals surface area contributed by atoms with E-state index in [1.807, 2.05) is 20.8 Å². The first-order chi connectivity index (χ1) is 8.32. The van der Waals surface area contributed by atoms with Gasteiger partial charge in [-0.15, -0.1) is 0 Å². The molecule has 1 rings (SSSR count). The molecule has 0 aliphatic rings. The SMILES string of the molecule is CN(CCOc1ccccc1F)C(=O)C(C)(C)C. The standard InChI is InChI=1S/C14H20FNO2/c1-14(2,3)13(17)16(4)9-10-18-12-8-6-5-7-11(12)15/h5-8H,9-10H2,1-4H3. The predicted molar refractivity (Wildman–Crippen MR) is 69.0 cm³/mol. The summed E-state index contributed by atoms with van der Waals surface area (Å²) in [5, 5.41) is 0. The van der Waals surface area contributed by atoms with E-state index in [9.17, 15) is 9.18 Å². The number of para-hydroxylation sites is 1. The van der Waals surface area contributed by atoms with Crippen LogP contribution < -0.4 is 4.74 Å². The van der Waals surface area contributed by atoms with Gasteiger partial charge < -0.3 is 9.64 Å². The summed E-state index contributed by atoms with van der Waals surface area (Å²) in [5.41, 5.74) is -0.410. The molecule has 0 saturated heterocycles. The number of benzene rings is 1. The van der Waals surface area contributed by atoms with Crippen molar-refractivity contribution in [3.05, 3.63) is 30.1 Å². The van der Waals surface area contributed by atoms with Crippen LogP contribution in [0.3, 0.4) is 0 Å². The van der Waals surface area contributed by atoms with Gasteiger partial charge in [-0.25, -0.2) is 4.39 Å². The minimum atomic E-state index is -0.410. The average Bonchev–Trinajstić information content (AvgIpc) is 2.29. The number of nitrogens with zero attached hydrogens (tertiary/aromatic N) is 1. The van der Waals surface area contributed by atoms with Crippen molar-refractivity contribution in [1.82, 2.24) is 4.90 Å². The first-order valence-corrected chi connectivity index (χ1v) is 5.95. The second-order valence-electron chi connectivity index (χ2n) is 5.26. The number of carbonyl (C=O) groups excluding carboxylic acids is 1. The Bertz CT molecular complexity index is 413. The van der Waals surface area contributed by atoms with Gasteiger partial charge in [-0.05, 0) is 12.1 Å². The molecule has 1 amide bonds. The average molecular weight is 253 g/mol. The van der Waals surface area contributed by atoms with Crippen molar-refractivity contribution in [2.24, 2.45) is 5.41 Å². The van der Waals surface area contributed by atoms with E-state index in [4.69, 9.17) is 4.74 Å². The van der Waals surface area contributed by atoms with E-state index in [2.05, 4.69) is 0 Å². The third-order valence-corrected chi connectivity index (χ3v) is 2.51. The summed E-state index contributed by atoms with van der Waals surface area (Å²) in [7, 11) is 1.72. The Morgan fingerprint density at radius 2 is 1.94 bits per heavy atom. The second kappa shape index (κ2) is 5.85. The number of hydrogen-bond donors (Lipinski definition) is 0. The third-order valence-electron chi connectivity index (χ3n) is 2.51. The lowest BCUT2D eigenvalue weighted by atomic mass is 9.95. The van der Waals surface area contributed by atoms with Gasteiger partial charge in [0.25, 0.3) is 0 Å². The zero-order valence-electron chi connectivity index (χ0n) is 11.4. The maximum Gasteiger partial charge on any atom is 0.227 e. The Balaban J connectivity index is 2.43. The summed E-state index contributed by atoms with van der Waals surface area (Å²) in [5.74, 6) is -0.129. The lowest BCUT2D eigenvalue weighted by Gasteiger charge is -2.25. The monoisotopic (exact) mass is 253 g/mol. The predicted octanol–water partition coefficient (Wildman–Crippen LogP) is 2.71. The molecule has 0 bridgehead atoms. The topological polar surface area (TPSA) is 29.5 Å². The molecule has 0 radical (unpaired) electrons. The van der Waals surface area contributed by atoms with Crippen LogP contribution in [-0.4, -0.2) is 31.0 Å². The lowest BCUT2D eigenvalue weighted by Crippen LogP contribution is -2.38. The van der Waals surface area contributed by atoms with E-state index in [0.29, 0.717) is 6.54 Å². The molecule has 0 N–H and O–H groups in total. The molecule has 4 heteroatoms. The van der Waals surface area contributed by atoms with Gasteiger partial charge in [-0.1, -0.05) is 32.9 Å². The van der Waals surface area contributed by atoms with Crippen molar-refractivity contribution < 1.29 is 13.9 Å². The summed E-state index contributed by atoms with van der Waals surface area (Å²) in [4.78, 5) is 13.5. The summed E-state index contributed by atoms with van der Waals surface area (Å²) in [6.07, 6.45) is 0. The first kappa shape index (κ1) is 14.5. The van der Waals surface area contributed by atoms with Crippen LogP contribution >= 0.6 is 0 Å². The summed E-state index contributed by atoms with van der Waals surface area (Å²) in [6, 6.07) is 6.24. The smallest absolute Gasteiger partial charge is 0.227 e. The van der Waals surface area contributed by atoms with Crippen molar-refractivity contribution in [2.75, 3.05) is 20.2 Å². The fourth-order valence-electron chi connectivity index (χ4n) is 1.53. The molecule has 0 atom stereocenters. The summed E-state index contributed by atoms with van der Waals surface area (Å²) >= 11 is 0. The zero-order chi connectivity index (χ0) is 13.8. The Morgan fingerprint density at radius 3 is 2.50 bits per heavy atom. The van der Waals surface area contributed by atoms with Crippen LogP contribution in [0.15, 0.2) is 24.3 Å². The molecule has 0 spiro atoms. The Kier molecular flexibility index (Phi) is 4.70. The highest BCUT2D eigenvalue weighted by molar-refractivity contribution is 5.81. The van der Waals surface area contributed by atoms with Gasteiger partial charge in [0.2, 0.25) is 5.91 Å². The number of ether oxygens (including phenoxy) is 1. The van der Waals surface area contributed by atoms with E-state index < -0.39 is 5.41 Å². The molecule has 100 valence electrons. The Morgan fingerprint density at radius 1 is 1.33 bits per heavy atom. The largest absolute Gasteiger partial charge is 0.489 e. The van der Waals surface area contributed by atoms with Crippen LogP contribution in [-0.2, 0) is 4.79 Å². The number of likely N-dealkylation sites (N-methyl/N-ethyl adjacent to an activating group) is 1. The minimum absolute atomic E-state index is 0.0413. The molecule has 3 nitrogen and oxygen atoms in total. The van der Waals surface area contributed by atoms with E-state index in [1.54, 1.807) is 30.1 Å². The first-order valence-electron chi connectivity index (χ1n) is 5.95. The van der Waals surface area contributed by atoms with Crippen molar-refractivity contribution in [3.63, 3.8) is 0 Å². The summed E-state index contributed by atoms with van der Waals surface area (Å²) < 4.78 is 18.6. The maximum absolute atomic E-state index is 13.3. The third kappa shape index (κ3) is 4.02. The van der Waals surface area contributed by atoms with Crippen LogP contribution in [0, 0.1) is 11.2 Å². The molecule has 0 aliphatic carbocycles. The van der Waals surface area contributed by atoms with Gasteiger partial charge in [0.1, 0.15) is 6.61 Å². The zero-order valence-corrected chi connectivity index (χ0v) is 11.4. The number of rotatable bonds is 4. The number of hydrogen-bond acceptors (Lipinski definition) is 2. The lowest BCUT2D eigenvalue weighted by molar-refractivity contribution is -0.138. The Labute approximate surface area is 108 Å². The molecule has 0 saturated carbocycles. The normalized spacial score (nSPS) is 11.2. The Hall–Kier alpha value is -1.58. The van der Waals surface area contributed by atoms with Gasteiger partial charge in [0.15, 0.2) is 11.6 Å². The summed E-state index contributed by atoms with van der Waals surface area (Å²) in [6.45, 7) is 6.31. The molecule has 0 aromatic heterocycles. The molecule has 18 heavy (non-hydrogen) atoms. The van der Waals surface area contributed by atoms with Crippen LogP contribution in [0.1, 0.15) is 20.8 Å². The minimum Gasteiger partial charge on any atom is -0.489 e. The van der Waals surface area contributed by atoms with Gasteiger partial charge in [-0.2, -0.15) is 0 Å².